The van der Waals surface area contributed by atoms with Gasteiger partial charge in [-0.3, -0.25) is 4.21 Å². The van der Waals surface area contributed by atoms with Gasteiger partial charge >= 0.3 is 0 Å². The van der Waals surface area contributed by atoms with Gasteiger partial charge in [0, 0.05) is 35.6 Å². The molecule has 0 saturated carbocycles. The Bertz CT molecular complexity index is 526. The van der Waals surface area contributed by atoms with Crippen LogP contribution < -0.4 is 11.1 Å². The van der Waals surface area contributed by atoms with Crippen molar-refractivity contribution in [2.24, 2.45) is 0 Å². The maximum absolute atomic E-state index is 11.3. The average Bonchev–Trinajstić information content (AvgIpc) is 2.18. The SMILES string of the molecule is CS(=O)CCNc1ccc(S(C)(=O)=O)cc1N. The largest absolute Gasteiger partial charge is 0.397 e. The van der Waals surface area contributed by atoms with Gasteiger partial charge in [0.25, 0.3) is 0 Å². The molecule has 0 aromatic heterocycles. The van der Waals surface area contributed by atoms with Gasteiger partial charge in [-0.1, -0.05) is 0 Å². The standard InChI is InChI=1S/C10H16N2O3S2/c1-16(13)6-5-12-10-4-3-8(7-9(10)11)17(2,14)15/h3-4,7,12H,5-6,11H2,1-2H3. The highest BCUT2D eigenvalue weighted by Gasteiger charge is 2.09. The summed E-state index contributed by atoms with van der Waals surface area (Å²) >= 11 is 0. The maximum atomic E-state index is 11.3. The monoisotopic (exact) mass is 276 g/mol. The van der Waals surface area contributed by atoms with Crippen LogP contribution in [0.2, 0.25) is 0 Å². The van der Waals surface area contributed by atoms with Crippen molar-refractivity contribution >= 4 is 32.0 Å². The number of rotatable bonds is 5. The molecule has 5 nitrogen and oxygen atoms in total. The van der Waals surface area contributed by atoms with Gasteiger partial charge in [-0.15, -0.1) is 0 Å². The summed E-state index contributed by atoms with van der Waals surface area (Å²) in [5.74, 6) is 0.521. The quantitative estimate of drug-likeness (QED) is 0.763. The predicted octanol–water partition coefficient (Wildman–Crippen LogP) is 0.463. The van der Waals surface area contributed by atoms with Crippen molar-refractivity contribution in [1.29, 1.82) is 0 Å². The van der Waals surface area contributed by atoms with Crippen LogP contribution in [-0.4, -0.2) is 37.4 Å². The Labute approximate surface area is 104 Å². The minimum atomic E-state index is -3.23. The molecule has 0 amide bonds. The number of benzene rings is 1. The van der Waals surface area contributed by atoms with Gasteiger partial charge in [-0.25, -0.2) is 8.42 Å². The van der Waals surface area contributed by atoms with Crippen LogP contribution >= 0.6 is 0 Å². The smallest absolute Gasteiger partial charge is 0.175 e. The van der Waals surface area contributed by atoms with Crippen LogP contribution in [-0.2, 0) is 20.6 Å². The highest BCUT2D eigenvalue weighted by Crippen LogP contribution is 2.22. The first-order valence-corrected chi connectivity index (χ1v) is 8.56. The Morgan fingerprint density at radius 3 is 2.53 bits per heavy atom. The number of nitrogen functional groups attached to an aromatic ring is 1. The summed E-state index contributed by atoms with van der Waals surface area (Å²) in [7, 11) is -4.10. The molecule has 3 N–H and O–H groups in total. The molecule has 1 aromatic rings. The lowest BCUT2D eigenvalue weighted by atomic mass is 10.2. The normalized spacial score (nSPS) is 13.3. The Hall–Kier alpha value is -1.08. The highest BCUT2D eigenvalue weighted by molar-refractivity contribution is 7.90. The van der Waals surface area contributed by atoms with Crippen LogP contribution in [0, 0.1) is 0 Å². The Morgan fingerprint density at radius 2 is 2.06 bits per heavy atom. The van der Waals surface area contributed by atoms with Crippen molar-refractivity contribution in [3.63, 3.8) is 0 Å². The number of nitrogens with two attached hydrogens (primary N) is 1. The van der Waals surface area contributed by atoms with E-state index in [4.69, 9.17) is 5.73 Å². The van der Waals surface area contributed by atoms with Gasteiger partial charge < -0.3 is 11.1 Å². The number of anilines is 2. The van der Waals surface area contributed by atoms with E-state index in [2.05, 4.69) is 5.32 Å². The van der Waals surface area contributed by atoms with Crippen LogP contribution in [0.5, 0.6) is 0 Å². The zero-order valence-electron chi connectivity index (χ0n) is 9.76. The van der Waals surface area contributed by atoms with Gasteiger partial charge in [0.2, 0.25) is 0 Å². The molecule has 0 aliphatic carbocycles. The first kappa shape index (κ1) is 14.0. The Morgan fingerprint density at radius 1 is 1.41 bits per heavy atom. The molecular weight excluding hydrogens is 260 g/mol. The van der Waals surface area contributed by atoms with E-state index in [1.165, 1.54) is 12.1 Å². The molecule has 0 bridgehead atoms. The first-order chi connectivity index (χ1) is 7.80. The second-order valence-corrected chi connectivity index (χ2v) is 7.30. The van der Waals surface area contributed by atoms with Crippen molar-refractivity contribution in [3.05, 3.63) is 18.2 Å². The molecule has 0 aliphatic rings. The minimum Gasteiger partial charge on any atom is -0.397 e. The molecule has 0 heterocycles. The molecule has 96 valence electrons. The summed E-state index contributed by atoms with van der Waals surface area (Å²) in [5, 5.41) is 3.01. The number of sulfone groups is 1. The third-order valence-electron chi connectivity index (χ3n) is 2.16. The van der Waals surface area contributed by atoms with E-state index in [1.807, 2.05) is 0 Å². The van der Waals surface area contributed by atoms with E-state index in [9.17, 15) is 12.6 Å². The van der Waals surface area contributed by atoms with E-state index in [0.717, 1.165) is 6.26 Å². The summed E-state index contributed by atoms with van der Waals surface area (Å²) in [6.45, 7) is 0.533. The second-order valence-electron chi connectivity index (χ2n) is 3.73. The third kappa shape index (κ3) is 4.35. The topological polar surface area (TPSA) is 89.3 Å². The van der Waals surface area contributed by atoms with Crippen LogP contribution in [0.1, 0.15) is 0 Å². The molecular formula is C10H16N2O3S2. The summed E-state index contributed by atoms with van der Waals surface area (Å²) < 4.78 is 33.4. The van der Waals surface area contributed by atoms with Gasteiger partial charge in [-0.05, 0) is 18.2 Å². The molecule has 17 heavy (non-hydrogen) atoms. The fourth-order valence-electron chi connectivity index (χ4n) is 1.26. The molecule has 0 radical (unpaired) electrons. The van der Waals surface area contributed by atoms with Crippen molar-refractivity contribution in [3.8, 4) is 0 Å². The fourth-order valence-corrected chi connectivity index (χ4v) is 2.31. The van der Waals surface area contributed by atoms with Crippen LogP contribution in [0.25, 0.3) is 0 Å². The summed E-state index contributed by atoms with van der Waals surface area (Å²) in [5.41, 5.74) is 6.76. The molecule has 1 aromatic carbocycles. The zero-order chi connectivity index (χ0) is 13.1. The first-order valence-electron chi connectivity index (χ1n) is 4.94. The molecule has 0 saturated heterocycles. The van der Waals surface area contributed by atoms with E-state index >= 15 is 0 Å². The predicted molar refractivity (Wildman–Crippen MR) is 71.4 cm³/mol. The lowest BCUT2D eigenvalue weighted by Gasteiger charge is -2.09. The van der Waals surface area contributed by atoms with E-state index in [1.54, 1.807) is 12.3 Å². The summed E-state index contributed by atoms with van der Waals surface area (Å²) in [4.78, 5) is 0.194. The molecule has 0 fully saturated rings. The molecule has 7 heteroatoms. The maximum Gasteiger partial charge on any atom is 0.175 e. The molecule has 1 atom stereocenters. The Balaban J connectivity index is 2.80. The number of hydrogen-bond acceptors (Lipinski definition) is 5. The molecule has 0 aliphatic heterocycles. The van der Waals surface area contributed by atoms with E-state index in [0.29, 0.717) is 23.7 Å². The lowest BCUT2D eigenvalue weighted by molar-refractivity contribution is 0.602. The van der Waals surface area contributed by atoms with Crippen LogP contribution in [0.4, 0.5) is 11.4 Å². The lowest BCUT2D eigenvalue weighted by Crippen LogP contribution is -2.11. The fraction of sp³-hybridized carbons (Fsp3) is 0.400. The summed E-state index contributed by atoms with van der Waals surface area (Å²) in [6.07, 6.45) is 2.76. The Kier molecular flexibility index (Phi) is 4.53. The van der Waals surface area contributed by atoms with Gasteiger partial charge in [0.05, 0.1) is 16.3 Å². The average molecular weight is 276 g/mol. The minimum absolute atomic E-state index is 0.194. The molecule has 0 spiro atoms. The van der Waals surface area contributed by atoms with Crippen molar-refractivity contribution in [1.82, 2.24) is 0 Å². The highest BCUT2D eigenvalue weighted by atomic mass is 32.2. The van der Waals surface area contributed by atoms with Crippen LogP contribution in [0.15, 0.2) is 23.1 Å². The number of nitrogens with one attached hydrogen (secondary N) is 1. The van der Waals surface area contributed by atoms with Crippen molar-refractivity contribution in [2.45, 2.75) is 4.90 Å². The van der Waals surface area contributed by atoms with E-state index in [-0.39, 0.29) is 4.90 Å². The molecule has 1 rings (SSSR count). The molecule has 1 unspecified atom stereocenters. The third-order valence-corrected chi connectivity index (χ3v) is 4.05. The zero-order valence-corrected chi connectivity index (χ0v) is 11.4. The van der Waals surface area contributed by atoms with Crippen molar-refractivity contribution < 1.29 is 12.6 Å². The number of hydrogen-bond donors (Lipinski definition) is 2. The van der Waals surface area contributed by atoms with Gasteiger partial charge in [0.1, 0.15) is 0 Å². The van der Waals surface area contributed by atoms with Gasteiger partial charge in [-0.2, -0.15) is 0 Å². The van der Waals surface area contributed by atoms with Gasteiger partial charge in [0.15, 0.2) is 9.84 Å². The van der Waals surface area contributed by atoms with E-state index < -0.39 is 20.6 Å². The van der Waals surface area contributed by atoms with Crippen molar-refractivity contribution in [2.75, 3.05) is 35.9 Å². The summed E-state index contributed by atoms with van der Waals surface area (Å²) in [6, 6.07) is 4.53. The van der Waals surface area contributed by atoms with Crippen LogP contribution in [0.3, 0.4) is 0 Å². The second kappa shape index (κ2) is 5.50.